The molecule has 1 saturated carbocycles. The SMILES string of the molecule is CN(C)C(CN=C(N)N1CCN(C(=O)OC(C)(C)C)CC1)C1CC1. The number of carbonyl (C=O) groups excluding carboxylic acids is 1. The zero-order chi connectivity index (χ0) is 17.9. The van der Waals surface area contributed by atoms with Crippen molar-refractivity contribution in [2.75, 3.05) is 46.8 Å². The predicted octanol–water partition coefficient (Wildman–Crippen LogP) is 1.19. The van der Waals surface area contributed by atoms with Crippen molar-refractivity contribution in [1.82, 2.24) is 14.7 Å². The molecule has 2 rings (SSSR count). The van der Waals surface area contributed by atoms with Crippen LogP contribution in [0.25, 0.3) is 0 Å². The van der Waals surface area contributed by atoms with Crippen LogP contribution < -0.4 is 5.73 Å². The molecule has 0 spiro atoms. The highest BCUT2D eigenvalue weighted by Gasteiger charge is 2.32. The minimum absolute atomic E-state index is 0.251. The molecule has 2 aliphatic rings. The Morgan fingerprint density at radius 1 is 1.21 bits per heavy atom. The van der Waals surface area contributed by atoms with Crippen LogP contribution in [0.5, 0.6) is 0 Å². The molecular weight excluding hydrogens is 306 g/mol. The molecule has 0 aromatic heterocycles. The average Bonchev–Trinajstić information content (AvgIpc) is 3.30. The lowest BCUT2D eigenvalue weighted by Gasteiger charge is -2.36. The van der Waals surface area contributed by atoms with Crippen LogP contribution in [0.4, 0.5) is 4.79 Å². The first-order valence-corrected chi connectivity index (χ1v) is 8.86. The van der Waals surface area contributed by atoms with Gasteiger partial charge in [-0.3, -0.25) is 4.99 Å². The number of carbonyl (C=O) groups is 1. The monoisotopic (exact) mass is 339 g/mol. The Bertz CT molecular complexity index is 458. The van der Waals surface area contributed by atoms with Gasteiger partial charge in [-0.2, -0.15) is 0 Å². The summed E-state index contributed by atoms with van der Waals surface area (Å²) in [6, 6.07) is 0.478. The molecular formula is C17H33N5O2. The van der Waals surface area contributed by atoms with Crippen LogP contribution in [0.15, 0.2) is 4.99 Å². The quantitative estimate of drug-likeness (QED) is 0.615. The second-order valence-electron chi connectivity index (χ2n) is 8.02. The third-order valence-electron chi connectivity index (χ3n) is 4.53. The summed E-state index contributed by atoms with van der Waals surface area (Å²) in [6.45, 7) is 9.02. The van der Waals surface area contributed by atoms with E-state index in [1.807, 2.05) is 20.8 Å². The molecule has 1 atom stereocenters. The van der Waals surface area contributed by atoms with Crippen molar-refractivity contribution in [3.05, 3.63) is 0 Å². The second kappa shape index (κ2) is 7.59. The molecule has 0 radical (unpaired) electrons. The Hall–Kier alpha value is -1.50. The number of guanidine groups is 1. The maximum atomic E-state index is 12.1. The predicted molar refractivity (Wildman–Crippen MR) is 96.1 cm³/mol. The molecule has 2 fully saturated rings. The molecule has 1 aliphatic heterocycles. The van der Waals surface area contributed by atoms with Gasteiger partial charge in [-0.15, -0.1) is 0 Å². The van der Waals surface area contributed by atoms with Crippen molar-refractivity contribution < 1.29 is 9.53 Å². The minimum Gasteiger partial charge on any atom is -0.444 e. The summed E-state index contributed by atoms with van der Waals surface area (Å²) >= 11 is 0. The number of hydrogen-bond acceptors (Lipinski definition) is 4. The first kappa shape index (κ1) is 18.8. The number of amides is 1. The van der Waals surface area contributed by atoms with Gasteiger partial charge in [0.25, 0.3) is 0 Å². The third kappa shape index (κ3) is 5.54. The molecule has 1 heterocycles. The van der Waals surface area contributed by atoms with Gasteiger partial charge >= 0.3 is 6.09 Å². The largest absolute Gasteiger partial charge is 0.444 e. The Morgan fingerprint density at radius 3 is 2.21 bits per heavy atom. The van der Waals surface area contributed by atoms with E-state index in [9.17, 15) is 4.79 Å². The van der Waals surface area contributed by atoms with E-state index in [2.05, 4.69) is 28.9 Å². The fourth-order valence-electron chi connectivity index (χ4n) is 2.95. The summed E-state index contributed by atoms with van der Waals surface area (Å²) in [5.74, 6) is 1.35. The summed E-state index contributed by atoms with van der Waals surface area (Å²) in [5.41, 5.74) is 5.70. The van der Waals surface area contributed by atoms with Gasteiger partial charge in [0, 0.05) is 32.2 Å². The number of piperazine rings is 1. The molecule has 0 bridgehead atoms. The van der Waals surface area contributed by atoms with E-state index in [0.29, 0.717) is 38.2 Å². The number of nitrogens with two attached hydrogens (primary N) is 1. The number of nitrogens with zero attached hydrogens (tertiary/aromatic N) is 4. The van der Waals surface area contributed by atoms with Gasteiger partial charge in [0.1, 0.15) is 5.60 Å². The Kier molecular flexibility index (Phi) is 5.96. The molecule has 1 aliphatic carbocycles. The fourth-order valence-corrected chi connectivity index (χ4v) is 2.95. The van der Waals surface area contributed by atoms with Crippen LogP contribution in [-0.4, -0.2) is 85.2 Å². The standard InChI is InChI=1S/C17H33N5O2/c1-17(2,3)24-16(23)22-10-8-21(9-11-22)15(18)19-12-14(20(4)5)13-6-7-13/h13-14H,6-12H2,1-5H3,(H2,18,19). The lowest BCUT2D eigenvalue weighted by molar-refractivity contribution is 0.0186. The van der Waals surface area contributed by atoms with Crippen molar-refractivity contribution in [2.24, 2.45) is 16.6 Å². The first-order valence-electron chi connectivity index (χ1n) is 8.86. The summed E-state index contributed by atoms with van der Waals surface area (Å²) < 4.78 is 5.41. The van der Waals surface area contributed by atoms with Crippen molar-refractivity contribution >= 4 is 12.1 Å². The summed E-state index contributed by atoms with van der Waals surface area (Å²) in [4.78, 5) is 22.7. The van der Waals surface area contributed by atoms with Gasteiger partial charge in [0.05, 0.1) is 6.54 Å². The third-order valence-corrected chi connectivity index (χ3v) is 4.53. The number of ether oxygens (including phenoxy) is 1. The Balaban J connectivity index is 1.80. The van der Waals surface area contributed by atoms with E-state index in [1.165, 1.54) is 12.8 Å². The summed E-state index contributed by atoms with van der Waals surface area (Å²) in [6.07, 6.45) is 2.35. The summed E-state index contributed by atoms with van der Waals surface area (Å²) in [5, 5.41) is 0. The topological polar surface area (TPSA) is 74.4 Å². The van der Waals surface area contributed by atoms with Gasteiger partial charge < -0.3 is 25.2 Å². The number of hydrogen-bond donors (Lipinski definition) is 1. The van der Waals surface area contributed by atoms with Crippen molar-refractivity contribution in [3.63, 3.8) is 0 Å². The van der Waals surface area contributed by atoms with Gasteiger partial charge in [0.2, 0.25) is 0 Å². The van der Waals surface area contributed by atoms with Gasteiger partial charge in [-0.1, -0.05) is 0 Å². The lowest BCUT2D eigenvalue weighted by atomic mass is 10.2. The van der Waals surface area contributed by atoms with Gasteiger partial charge in [-0.05, 0) is 53.6 Å². The van der Waals surface area contributed by atoms with Crippen LogP contribution in [0, 0.1) is 5.92 Å². The van der Waals surface area contributed by atoms with Gasteiger partial charge in [0.15, 0.2) is 5.96 Å². The van der Waals surface area contributed by atoms with E-state index in [-0.39, 0.29) is 6.09 Å². The molecule has 7 nitrogen and oxygen atoms in total. The number of rotatable bonds is 4. The number of likely N-dealkylation sites (N-methyl/N-ethyl adjacent to an activating group) is 1. The molecule has 0 aromatic rings. The van der Waals surface area contributed by atoms with E-state index < -0.39 is 5.60 Å². The highest BCUT2D eigenvalue weighted by molar-refractivity contribution is 5.78. The van der Waals surface area contributed by atoms with Crippen molar-refractivity contribution in [1.29, 1.82) is 0 Å². The summed E-state index contributed by atoms with van der Waals surface area (Å²) in [7, 11) is 4.21. The van der Waals surface area contributed by atoms with Crippen LogP contribution in [0.3, 0.4) is 0 Å². The minimum atomic E-state index is -0.460. The van der Waals surface area contributed by atoms with E-state index in [0.717, 1.165) is 12.5 Å². The smallest absolute Gasteiger partial charge is 0.410 e. The highest BCUT2D eigenvalue weighted by atomic mass is 16.6. The van der Waals surface area contributed by atoms with Crippen LogP contribution >= 0.6 is 0 Å². The molecule has 2 N–H and O–H groups in total. The molecule has 7 heteroatoms. The fraction of sp³-hybridized carbons (Fsp3) is 0.882. The molecule has 1 saturated heterocycles. The maximum Gasteiger partial charge on any atom is 0.410 e. The Labute approximate surface area is 145 Å². The first-order chi connectivity index (χ1) is 11.2. The zero-order valence-electron chi connectivity index (χ0n) is 15.8. The highest BCUT2D eigenvalue weighted by Crippen LogP contribution is 2.34. The molecule has 1 amide bonds. The second-order valence-corrected chi connectivity index (χ2v) is 8.02. The molecule has 1 unspecified atom stereocenters. The molecule has 24 heavy (non-hydrogen) atoms. The van der Waals surface area contributed by atoms with E-state index in [1.54, 1.807) is 4.90 Å². The van der Waals surface area contributed by atoms with E-state index in [4.69, 9.17) is 10.5 Å². The molecule has 138 valence electrons. The average molecular weight is 339 g/mol. The van der Waals surface area contributed by atoms with Crippen LogP contribution in [-0.2, 0) is 4.74 Å². The van der Waals surface area contributed by atoms with Crippen molar-refractivity contribution in [3.8, 4) is 0 Å². The zero-order valence-corrected chi connectivity index (χ0v) is 15.8. The Morgan fingerprint density at radius 2 is 1.75 bits per heavy atom. The van der Waals surface area contributed by atoms with E-state index >= 15 is 0 Å². The van der Waals surface area contributed by atoms with Crippen LogP contribution in [0.1, 0.15) is 33.6 Å². The van der Waals surface area contributed by atoms with Gasteiger partial charge in [-0.25, -0.2) is 4.79 Å². The van der Waals surface area contributed by atoms with Crippen LogP contribution in [0.2, 0.25) is 0 Å². The van der Waals surface area contributed by atoms with Crippen molar-refractivity contribution in [2.45, 2.75) is 45.3 Å². The lowest BCUT2D eigenvalue weighted by Crippen LogP contribution is -2.53. The normalized spacial score (nSPS) is 21.2. The number of aliphatic imine (C=N–C) groups is 1. The molecule has 0 aromatic carbocycles. The maximum absolute atomic E-state index is 12.1.